The van der Waals surface area contributed by atoms with Crippen LogP contribution in [0.25, 0.3) is 0 Å². The summed E-state index contributed by atoms with van der Waals surface area (Å²) in [6.07, 6.45) is 2.54. The van der Waals surface area contributed by atoms with Gasteiger partial charge in [0.05, 0.1) is 20.3 Å². The third-order valence-electron chi connectivity index (χ3n) is 4.63. The van der Waals surface area contributed by atoms with E-state index in [-0.39, 0.29) is 30.6 Å². The normalized spacial score (nSPS) is 12.6. The van der Waals surface area contributed by atoms with Gasteiger partial charge in [-0.1, -0.05) is 26.0 Å². The van der Waals surface area contributed by atoms with E-state index >= 15 is 0 Å². The van der Waals surface area contributed by atoms with Gasteiger partial charge >= 0.3 is 5.97 Å². The van der Waals surface area contributed by atoms with Gasteiger partial charge in [-0.15, -0.1) is 0 Å². The van der Waals surface area contributed by atoms with Crippen LogP contribution >= 0.6 is 0 Å². The van der Waals surface area contributed by atoms with E-state index in [2.05, 4.69) is 15.4 Å². The number of hydrogen-bond donors (Lipinski definition) is 2. The molecule has 0 aliphatic rings. The van der Waals surface area contributed by atoms with Crippen LogP contribution in [0.3, 0.4) is 0 Å². The minimum atomic E-state index is -0.753. The Morgan fingerprint density at radius 3 is 2.17 bits per heavy atom. The minimum absolute atomic E-state index is 0.155. The summed E-state index contributed by atoms with van der Waals surface area (Å²) in [6, 6.07) is 5.78. The number of hydrogen-bond acceptors (Lipinski definition) is 6. The zero-order valence-electron chi connectivity index (χ0n) is 18.1. The topological polar surface area (TPSA) is 111 Å². The fourth-order valence-electron chi connectivity index (χ4n) is 2.86. The number of carbonyl (C=O) groups is 4. The lowest BCUT2D eigenvalue weighted by atomic mass is 10.0. The second kappa shape index (κ2) is 13.3. The smallest absolute Gasteiger partial charge is 0.305 e. The van der Waals surface area contributed by atoms with Gasteiger partial charge in [0.15, 0.2) is 0 Å². The van der Waals surface area contributed by atoms with E-state index in [1.54, 1.807) is 19.2 Å². The van der Waals surface area contributed by atoms with E-state index < -0.39 is 18.0 Å². The molecule has 0 aromatic heterocycles. The fourth-order valence-corrected chi connectivity index (χ4v) is 2.86. The molecule has 30 heavy (non-hydrogen) atoms. The molecular formula is C22H32N2O6. The molecule has 0 heterocycles. The van der Waals surface area contributed by atoms with Crippen LogP contribution in [-0.2, 0) is 30.3 Å². The van der Waals surface area contributed by atoms with Crippen molar-refractivity contribution in [2.75, 3.05) is 14.2 Å². The molecule has 0 fully saturated rings. The molecule has 0 saturated heterocycles. The number of benzene rings is 1. The Morgan fingerprint density at radius 1 is 1.00 bits per heavy atom. The molecule has 0 saturated carbocycles. The Balaban J connectivity index is 2.58. The van der Waals surface area contributed by atoms with Crippen LogP contribution in [0.1, 0.15) is 45.1 Å². The van der Waals surface area contributed by atoms with Gasteiger partial charge in [0, 0.05) is 12.8 Å². The number of rotatable bonds is 13. The summed E-state index contributed by atoms with van der Waals surface area (Å²) >= 11 is 0. The van der Waals surface area contributed by atoms with Gasteiger partial charge in [0.2, 0.25) is 11.8 Å². The molecule has 2 N–H and O–H groups in total. The third-order valence-corrected chi connectivity index (χ3v) is 4.63. The van der Waals surface area contributed by atoms with Crippen molar-refractivity contribution in [3.05, 3.63) is 29.8 Å². The second-order valence-electron chi connectivity index (χ2n) is 7.38. The van der Waals surface area contributed by atoms with E-state index in [0.717, 1.165) is 5.56 Å². The summed E-state index contributed by atoms with van der Waals surface area (Å²) in [5.74, 6) is -0.437. The highest BCUT2D eigenvalue weighted by Gasteiger charge is 2.26. The summed E-state index contributed by atoms with van der Waals surface area (Å²) in [7, 11) is 2.89. The number of methoxy groups -OCH3 is 2. The molecule has 8 heteroatoms. The Labute approximate surface area is 177 Å². The first-order valence-electron chi connectivity index (χ1n) is 10.1. The van der Waals surface area contributed by atoms with Crippen molar-refractivity contribution in [1.29, 1.82) is 0 Å². The number of unbranched alkanes of at least 4 members (excludes halogenated alkanes) is 1. The molecule has 1 aromatic rings. The van der Waals surface area contributed by atoms with Crippen molar-refractivity contribution >= 4 is 24.1 Å². The number of aldehydes is 1. The van der Waals surface area contributed by atoms with Crippen LogP contribution in [-0.4, -0.2) is 50.4 Å². The molecule has 0 aliphatic heterocycles. The molecule has 1 rings (SSSR count). The Hall–Kier alpha value is -2.90. The van der Waals surface area contributed by atoms with E-state index in [9.17, 15) is 19.2 Å². The predicted octanol–water partition coefficient (Wildman–Crippen LogP) is 1.80. The number of amides is 2. The average molecular weight is 421 g/mol. The maximum Gasteiger partial charge on any atom is 0.305 e. The number of nitrogens with one attached hydrogen (secondary N) is 2. The molecular weight excluding hydrogens is 388 g/mol. The maximum absolute atomic E-state index is 12.7. The predicted molar refractivity (Wildman–Crippen MR) is 112 cm³/mol. The van der Waals surface area contributed by atoms with E-state index in [1.807, 2.05) is 26.0 Å². The van der Waals surface area contributed by atoms with Crippen molar-refractivity contribution in [3.8, 4) is 5.75 Å². The molecule has 0 aliphatic carbocycles. The summed E-state index contributed by atoms with van der Waals surface area (Å²) in [5.41, 5.74) is 0.879. The summed E-state index contributed by atoms with van der Waals surface area (Å²) in [4.78, 5) is 47.4. The summed E-state index contributed by atoms with van der Waals surface area (Å²) in [5, 5.41) is 5.43. The van der Waals surface area contributed by atoms with Gasteiger partial charge in [0.1, 0.15) is 18.1 Å². The van der Waals surface area contributed by atoms with Crippen LogP contribution in [0.4, 0.5) is 0 Å². The van der Waals surface area contributed by atoms with Crippen LogP contribution in [0, 0.1) is 5.92 Å². The summed E-state index contributed by atoms with van der Waals surface area (Å²) in [6.45, 7) is 3.64. The monoisotopic (exact) mass is 420 g/mol. The highest BCUT2D eigenvalue weighted by atomic mass is 16.5. The largest absolute Gasteiger partial charge is 0.497 e. The first kappa shape index (κ1) is 25.1. The zero-order chi connectivity index (χ0) is 22.5. The first-order chi connectivity index (χ1) is 14.3. The van der Waals surface area contributed by atoms with Crippen LogP contribution in [0.5, 0.6) is 5.75 Å². The van der Waals surface area contributed by atoms with Crippen molar-refractivity contribution < 1.29 is 28.7 Å². The lowest BCUT2D eigenvalue weighted by Gasteiger charge is -2.23. The third kappa shape index (κ3) is 9.07. The zero-order valence-corrected chi connectivity index (χ0v) is 18.1. The summed E-state index contributed by atoms with van der Waals surface area (Å²) < 4.78 is 9.67. The Morgan fingerprint density at radius 2 is 1.63 bits per heavy atom. The molecule has 2 atom stereocenters. The number of esters is 1. The SMILES string of the molecule is COC(=O)CCCCC(=O)N[C@H](C(=O)NC(C=O)Cc1ccc(OC)cc1)C(C)C. The van der Waals surface area contributed by atoms with Crippen LogP contribution in [0.15, 0.2) is 24.3 Å². The lowest BCUT2D eigenvalue weighted by Crippen LogP contribution is -2.52. The molecule has 0 spiro atoms. The standard InChI is InChI=1S/C22H32N2O6/c1-15(2)21(24-19(26)7-5-6-8-20(27)30-4)22(28)23-17(14-25)13-16-9-11-18(29-3)12-10-16/h9-12,14-15,17,21H,5-8,13H2,1-4H3,(H,23,28)(H,24,26)/t17?,21-/m0/s1. The first-order valence-corrected chi connectivity index (χ1v) is 10.1. The maximum atomic E-state index is 12.7. The average Bonchev–Trinajstić information content (AvgIpc) is 2.74. The van der Waals surface area contributed by atoms with Gasteiger partial charge in [-0.05, 0) is 42.9 Å². The van der Waals surface area contributed by atoms with Gasteiger partial charge in [-0.3, -0.25) is 14.4 Å². The molecule has 0 bridgehead atoms. The molecule has 1 unspecified atom stereocenters. The van der Waals surface area contributed by atoms with Gasteiger partial charge in [0.25, 0.3) is 0 Å². The van der Waals surface area contributed by atoms with Crippen molar-refractivity contribution in [2.24, 2.45) is 5.92 Å². The molecule has 166 valence electrons. The van der Waals surface area contributed by atoms with Crippen molar-refractivity contribution in [2.45, 2.75) is 58.0 Å². The highest BCUT2D eigenvalue weighted by Crippen LogP contribution is 2.13. The van der Waals surface area contributed by atoms with Gasteiger partial charge in [-0.25, -0.2) is 0 Å². The molecule has 2 amide bonds. The van der Waals surface area contributed by atoms with E-state index in [1.165, 1.54) is 7.11 Å². The number of ether oxygens (including phenoxy) is 2. The highest BCUT2D eigenvalue weighted by molar-refractivity contribution is 5.89. The molecule has 0 radical (unpaired) electrons. The Bertz CT molecular complexity index is 702. The van der Waals surface area contributed by atoms with Gasteiger partial charge in [-0.2, -0.15) is 0 Å². The van der Waals surface area contributed by atoms with Gasteiger partial charge < -0.3 is 24.9 Å². The fraction of sp³-hybridized carbons (Fsp3) is 0.545. The van der Waals surface area contributed by atoms with Crippen LogP contribution < -0.4 is 15.4 Å². The molecule has 8 nitrogen and oxygen atoms in total. The van der Waals surface area contributed by atoms with E-state index in [4.69, 9.17) is 4.74 Å². The lowest BCUT2D eigenvalue weighted by molar-refractivity contribution is -0.140. The molecule has 1 aromatic carbocycles. The number of carbonyl (C=O) groups excluding carboxylic acids is 4. The Kier molecular flexibility index (Phi) is 11.2. The van der Waals surface area contributed by atoms with E-state index in [0.29, 0.717) is 31.3 Å². The van der Waals surface area contributed by atoms with Crippen molar-refractivity contribution in [3.63, 3.8) is 0 Å². The second-order valence-corrected chi connectivity index (χ2v) is 7.38. The quantitative estimate of drug-likeness (QED) is 0.286. The minimum Gasteiger partial charge on any atom is -0.497 e. The van der Waals surface area contributed by atoms with Crippen molar-refractivity contribution in [1.82, 2.24) is 10.6 Å². The van der Waals surface area contributed by atoms with Crippen LogP contribution in [0.2, 0.25) is 0 Å².